The maximum Gasteiger partial charge on any atom is 0.418 e. The van der Waals surface area contributed by atoms with Gasteiger partial charge in [-0.3, -0.25) is 4.57 Å². The Hall–Kier alpha value is -1.80. The van der Waals surface area contributed by atoms with Gasteiger partial charge in [0.15, 0.2) is 6.10 Å². The molecule has 0 aliphatic carbocycles. The molecule has 0 unspecified atom stereocenters. The first-order chi connectivity index (χ1) is 7.35. The summed E-state index contributed by atoms with van der Waals surface area (Å²) < 4.78 is 6.25. The summed E-state index contributed by atoms with van der Waals surface area (Å²) in [5.41, 5.74) is -0.410. The van der Waals surface area contributed by atoms with Crippen LogP contribution in [0.1, 0.15) is 32.6 Å². The van der Waals surface area contributed by atoms with Crippen molar-refractivity contribution in [1.29, 1.82) is 5.26 Å². The highest BCUT2D eigenvalue weighted by atomic mass is 16.6. The fourth-order valence-electron chi connectivity index (χ4n) is 1.16. The first-order valence-corrected chi connectivity index (χ1v) is 4.83. The molecule has 1 aromatic rings. The minimum Gasteiger partial charge on any atom is -0.443 e. The molecular weight excluding hydrogens is 208 g/mol. The number of aliphatic hydroxyl groups excluding tert-OH is 1. The van der Waals surface area contributed by atoms with Gasteiger partial charge in [0.05, 0.1) is 5.69 Å². The third-order valence-corrected chi connectivity index (χ3v) is 1.77. The number of hydrogen-bond acceptors (Lipinski definition) is 4. The molecule has 1 atom stereocenters. The van der Waals surface area contributed by atoms with Crippen molar-refractivity contribution in [2.45, 2.75) is 32.5 Å². The summed E-state index contributed by atoms with van der Waals surface area (Å²) in [5, 5.41) is 17.9. The summed E-state index contributed by atoms with van der Waals surface area (Å²) >= 11 is 0. The number of nitriles is 1. The van der Waals surface area contributed by atoms with Gasteiger partial charge in [-0.1, -0.05) is 0 Å². The van der Waals surface area contributed by atoms with Crippen molar-refractivity contribution in [3.8, 4) is 6.07 Å². The van der Waals surface area contributed by atoms with E-state index in [1.807, 2.05) is 0 Å². The first kappa shape index (κ1) is 12.3. The third kappa shape index (κ3) is 2.84. The number of aromatic nitrogens is 1. The Morgan fingerprint density at radius 2 is 2.25 bits per heavy atom. The second-order valence-electron chi connectivity index (χ2n) is 4.32. The lowest BCUT2D eigenvalue weighted by Crippen LogP contribution is -2.28. The van der Waals surface area contributed by atoms with Crippen molar-refractivity contribution in [3.63, 3.8) is 0 Å². The minimum atomic E-state index is -1.33. The molecule has 0 amide bonds. The molecule has 0 saturated carbocycles. The molecule has 0 saturated heterocycles. The van der Waals surface area contributed by atoms with E-state index < -0.39 is 17.8 Å². The number of aliphatic hydroxyl groups is 1. The lowest BCUT2D eigenvalue weighted by atomic mass is 10.2. The SMILES string of the molecule is CC(C)(C)OC(=O)n1cccc1[C@@H](O)C#N. The summed E-state index contributed by atoms with van der Waals surface area (Å²) in [6.07, 6.45) is -0.492. The molecule has 0 spiro atoms. The van der Waals surface area contributed by atoms with Gasteiger partial charge in [0.25, 0.3) is 0 Å². The highest BCUT2D eigenvalue weighted by Gasteiger charge is 2.21. The zero-order chi connectivity index (χ0) is 12.3. The topological polar surface area (TPSA) is 75.2 Å². The van der Waals surface area contributed by atoms with Gasteiger partial charge in [0.1, 0.15) is 11.7 Å². The molecular formula is C11H14N2O3. The summed E-state index contributed by atoms with van der Waals surface area (Å²) in [4.78, 5) is 11.7. The van der Waals surface area contributed by atoms with Gasteiger partial charge in [-0.25, -0.2) is 4.79 Å². The number of carbonyl (C=O) groups is 1. The van der Waals surface area contributed by atoms with Crippen LogP contribution in [-0.4, -0.2) is 21.4 Å². The van der Waals surface area contributed by atoms with E-state index in [4.69, 9.17) is 10.00 Å². The number of nitrogens with zero attached hydrogens (tertiary/aromatic N) is 2. The van der Waals surface area contributed by atoms with Crippen LogP contribution in [0.3, 0.4) is 0 Å². The second kappa shape index (κ2) is 4.37. The van der Waals surface area contributed by atoms with Crippen molar-refractivity contribution in [2.24, 2.45) is 0 Å². The van der Waals surface area contributed by atoms with Crippen molar-refractivity contribution in [3.05, 3.63) is 24.0 Å². The number of ether oxygens (including phenoxy) is 1. The fraction of sp³-hybridized carbons (Fsp3) is 0.455. The molecule has 0 aromatic carbocycles. The van der Waals surface area contributed by atoms with Crippen LogP contribution in [0.5, 0.6) is 0 Å². The van der Waals surface area contributed by atoms with Crippen LogP contribution in [-0.2, 0) is 4.74 Å². The van der Waals surface area contributed by atoms with E-state index in [2.05, 4.69) is 0 Å². The van der Waals surface area contributed by atoms with Gasteiger partial charge >= 0.3 is 6.09 Å². The normalized spacial score (nSPS) is 12.9. The van der Waals surface area contributed by atoms with Gasteiger partial charge < -0.3 is 9.84 Å². The van der Waals surface area contributed by atoms with Crippen molar-refractivity contribution in [2.75, 3.05) is 0 Å². The van der Waals surface area contributed by atoms with E-state index in [-0.39, 0.29) is 5.69 Å². The van der Waals surface area contributed by atoms with Gasteiger partial charge in [0.2, 0.25) is 0 Å². The predicted molar refractivity (Wildman–Crippen MR) is 56.6 cm³/mol. The van der Waals surface area contributed by atoms with Gasteiger partial charge in [0, 0.05) is 6.20 Å². The van der Waals surface area contributed by atoms with E-state index in [0.717, 1.165) is 4.57 Å². The largest absolute Gasteiger partial charge is 0.443 e. The second-order valence-corrected chi connectivity index (χ2v) is 4.32. The highest BCUT2D eigenvalue weighted by molar-refractivity contribution is 5.72. The fourth-order valence-corrected chi connectivity index (χ4v) is 1.16. The van der Waals surface area contributed by atoms with E-state index in [9.17, 15) is 9.90 Å². The first-order valence-electron chi connectivity index (χ1n) is 4.83. The van der Waals surface area contributed by atoms with E-state index in [1.165, 1.54) is 12.3 Å². The molecule has 0 fully saturated rings. The van der Waals surface area contributed by atoms with Crippen molar-refractivity contribution >= 4 is 6.09 Å². The summed E-state index contributed by atoms with van der Waals surface area (Å²) in [6.45, 7) is 5.23. The number of carbonyl (C=O) groups excluding carboxylic acids is 1. The molecule has 1 rings (SSSR count). The Morgan fingerprint density at radius 1 is 1.62 bits per heavy atom. The van der Waals surface area contributed by atoms with Crippen molar-refractivity contribution in [1.82, 2.24) is 4.57 Å². The van der Waals surface area contributed by atoms with Crippen LogP contribution >= 0.6 is 0 Å². The highest BCUT2D eigenvalue weighted by Crippen LogP contribution is 2.15. The number of rotatable bonds is 1. The monoisotopic (exact) mass is 222 g/mol. The average molecular weight is 222 g/mol. The number of hydrogen-bond donors (Lipinski definition) is 1. The van der Waals surface area contributed by atoms with Crippen LogP contribution in [0, 0.1) is 11.3 Å². The zero-order valence-electron chi connectivity index (χ0n) is 9.47. The third-order valence-electron chi connectivity index (χ3n) is 1.77. The molecule has 86 valence electrons. The van der Waals surface area contributed by atoms with Crippen LogP contribution in [0.2, 0.25) is 0 Å². The van der Waals surface area contributed by atoms with Crippen LogP contribution in [0.15, 0.2) is 18.3 Å². The maximum atomic E-state index is 11.7. The summed E-state index contributed by atoms with van der Waals surface area (Å²) in [7, 11) is 0. The lowest BCUT2D eigenvalue weighted by molar-refractivity contribution is 0.0522. The van der Waals surface area contributed by atoms with E-state index >= 15 is 0 Å². The van der Waals surface area contributed by atoms with Gasteiger partial charge in [-0.15, -0.1) is 0 Å². The summed E-state index contributed by atoms with van der Waals surface area (Å²) in [6, 6.07) is 4.72. The van der Waals surface area contributed by atoms with Crippen LogP contribution < -0.4 is 0 Å². The van der Waals surface area contributed by atoms with Gasteiger partial charge in [-0.05, 0) is 32.9 Å². The minimum absolute atomic E-state index is 0.205. The van der Waals surface area contributed by atoms with Crippen LogP contribution in [0.4, 0.5) is 4.79 Å². The van der Waals surface area contributed by atoms with E-state index in [1.54, 1.807) is 32.9 Å². The molecule has 1 N–H and O–H groups in total. The maximum absolute atomic E-state index is 11.7. The zero-order valence-corrected chi connectivity index (χ0v) is 9.47. The molecule has 5 heteroatoms. The molecule has 1 aromatic heterocycles. The predicted octanol–water partition coefficient (Wildman–Crippen LogP) is 1.83. The molecule has 0 aliphatic heterocycles. The van der Waals surface area contributed by atoms with Crippen molar-refractivity contribution < 1.29 is 14.6 Å². The smallest absolute Gasteiger partial charge is 0.418 e. The molecule has 0 bridgehead atoms. The van der Waals surface area contributed by atoms with Gasteiger partial charge in [-0.2, -0.15) is 5.26 Å². The molecule has 1 heterocycles. The Labute approximate surface area is 93.9 Å². The van der Waals surface area contributed by atoms with Crippen LogP contribution in [0.25, 0.3) is 0 Å². The summed E-state index contributed by atoms with van der Waals surface area (Å²) in [5.74, 6) is 0. The standard InChI is InChI=1S/C11H14N2O3/c1-11(2,3)16-10(15)13-6-4-5-8(13)9(14)7-12/h4-6,9,14H,1-3H3/t9-/m0/s1. The Bertz CT molecular complexity index is 423. The lowest BCUT2D eigenvalue weighted by Gasteiger charge is -2.20. The quantitative estimate of drug-likeness (QED) is 0.735. The van der Waals surface area contributed by atoms with E-state index in [0.29, 0.717) is 0 Å². The molecule has 0 radical (unpaired) electrons. The Kier molecular flexibility index (Phi) is 3.35. The molecule has 0 aliphatic rings. The Balaban J connectivity index is 2.94. The molecule has 16 heavy (non-hydrogen) atoms. The molecule has 5 nitrogen and oxygen atoms in total. The average Bonchev–Trinajstić information content (AvgIpc) is 2.62. The Morgan fingerprint density at radius 3 is 2.75 bits per heavy atom.